The highest BCUT2D eigenvalue weighted by Gasteiger charge is 2.24. The van der Waals surface area contributed by atoms with Gasteiger partial charge >= 0.3 is 0 Å². The van der Waals surface area contributed by atoms with E-state index in [1.165, 1.54) is 0 Å². The van der Waals surface area contributed by atoms with Crippen molar-refractivity contribution in [1.29, 1.82) is 0 Å². The molecule has 1 fully saturated rings. The zero-order valence-corrected chi connectivity index (χ0v) is 12.4. The zero-order chi connectivity index (χ0) is 14.8. The van der Waals surface area contributed by atoms with E-state index in [1.807, 2.05) is 0 Å². The van der Waals surface area contributed by atoms with Crippen LogP contribution in [0, 0.1) is 0 Å². The number of amides is 1. The first-order valence-electron chi connectivity index (χ1n) is 6.47. The number of benzene rings is 1. The summed E-state index contributed by atoms with van der Waals surface area (Å²) in [6, 6.07) is 4.82. The van der Waals surface area contributed by atoms with Crippen LogP contribution in [0.25, 0.3) is 0 Å². The molecule has 3 rings (SSSR count). The molecule has 2 heterocycles. The van der Waals surface area contributed by atoms with Crippen LogP contribution in [0.4, 0.5) is 5.69 Å². The minimum atomic E-state index is -0.493. The number of hydrogen-bond acceptors (Lipinski definition) is 5. The van der Waals surface area contributed by atoms with Gasteiger partial charge in [0.1, 0.15) is 0 Å². The highest BCUT2D eigenvalue weighted by molar-refractivity contribution is 6.35. The van der Waals surface area contributed by atoms with E-state index in [1.54, 1.807) is 18.2 Å². The molecule has 1 aliphatic rings. The Bertz CT molecular complexity index is 668. The van der Waals surface area contributed by atoms with E-state index in [0.717, 1.165) is 19.4 Å². The van der Waals surface area contributed by atoms with Crippen molar-refractivity contribution in [2.45, 2.75) is 18.9 Å². The molecule has 1 aromatic heterocycles. The van der Waals surface area contributed by atoms with Gasteiger partial charge in [0.15, 0.2) is 0 Å². The van der Waals surface area contributed by atoms with Crippen molar-refractivity contribution in [3.05, 3.63) is 40.0 Å². The number of carbonyl (C=O) groups is 1. The van der Waals surface area contributed by atoms with Crippen LogP contribution in [0.1, 0.15) is 35.4 Å². The van der Waals surface area contributed by atoms with Gasteiger partial charge in [-0.25, -0.2) is 0 Å². The second kappa shape index (κ2) is 6.01. The van der Waals surface area contributed by atoms with E-state index >= 15 is 0 Å². The van der Waals surface area contributed by atoms with Gasteiger partial charge in [0, 0.05) is 5.02 Å². The van der Waals surface area contributed by atoms with Crippen molar-refractivity contribution >= 4 is 34.8 Å². The van der Waals surface area contributed by atoms with E-state index < -0.39 is 5.91 Å². The predicted octanol–water partition coefficient (Wildman–Crippen LogP) is 3.05. The number of carbonyl (C=O) groups excluding carboxylic acids is 1. The quantitative estimate of drug-likeness (QED) is 0.906. The lowest BCUT2D eigenvalue weighted by Gasteiger charge is -2.05. The molecule has 0 radical (unpaired) electrons. The molecule has 1 unspecified atom stereocenters. The van der Waals surface area contributed by atoms with Gasteiger partial charge in [-0.05, 0) is 37.6 Å². The molecule has 6 nitrogen and oxygen atoms in total. The molecule has 2 aromatic rings. The third-order valence-corrected chi connectivity index (χ3v) is 3.74. The topological polar surface area (TPSA) is 80.0 Å². The fraction of sp³-hybridized carbons (Fsp3) is 0.308. The molecule has 1 amide bonds. The van der Waals surface area contributed by atoms with Gasteiger partial charge in [-0.15, -0.1) is 0 Å². The van der Waals surface area contributed by atoms with Crippen LogP contribution >= 0.6 is 23.2 Å². The second-order valence-corrected chi connectivity index (χ2v) is 5.53. The van der Waals surface area contributed by atoms with Crippen molar-refractivity contribution in [1.82, 2.24) is 15.5 Å². The van der Waals surface area contributed by atoms with E-state index in [-0.39, 0.29) is 11.9 Å². The molecule has 0 bridgehead atoms. The average molecular weight is 327 g/mol. The molecular formula is C13H12Cl2N4O2. The molecule has 1 saturated heterocycles. The largest absolute Gasteiger partial charge is 0.337 e. The van der Waals surface area contributed by atoms with E-state index in [9.17, 15) is 4.79 Å². The second-order valence-electron chi connectivity index (χ2n) is 4.68. The van der Waals surface area contributed by atoms with Crippen molar-refractivity contribution in [2.75, 3.05) is 11.9 Å². The summed E-state index contributed by atoms with van der Waals surface area (Å²) in [7, 11) is 0. The number of rotatable bonds is 3. The average Bonchev–Trinajstić information content (AvgIpc) is 3.12. The van der Waals surface area contributed by atoms with Gasteiger partial charge in [-0.1, -0.05) is 28.4 Å². The summed E-state index contributed by atoms with van der Waals surface area (Å²) in [5, 5.41) is 10.4. The Balaban J connectivity index is 1.74. The molecule has 0 spiro atoms. The number of nitrogens with zero attached hydrogens (tertiary/aromatic N) is 2. The summed E-state index contributed by atoms with van der Waals surface area (Å²) in [4.78, 5) is 16.2. The third-order valence-electron chi connectivity index (χ3n) is 3.18. The Morgan fingerprint density at radius 1 is 1.43 bits per heavy atom. The maximum absolute atomic E-state index is 12.1. The smallest absolute Gasteiger partial charge is 0.297 e. The lowest BCUT2D eigenvalue weighted by Crippen LogP contribution is -2.16. The highest BCUT2D eigenvalue weighted by atomic mass is 35.5. The maximum atomic E-state index is 12.1. The minimum absolute atomic E-state index is 0.0220. The van der Waals surface area contributed by atoms with Gasteiger partial charge in [0.25, 0.3) is 11.7 Å². The van der Waals surface area contributed by atoms with Crippen LogP contribution in [-0.2, 0) is 0 Å². The molecule has 8 heteroatoms. The molecule has 1 atom stereocenters. The first-order valence-corrected chi connectivity index (χ1v) is 7.22. The summed E-state index contributed by atoms with van der Waals surface area (Å²) in [6.45, 7) is 0.909. The van der Waals surface area contributed by atoms with E-state index in [2.05, 4.69) is 20.8 Å². The zero-order valence-electron chi connectivity index (χ0n) is 10.9. The van der Waals surface area contributed by atoms with Gasteiger partial charge in [-0.3, -0.25) is 4.79 Å². The first-order chi connectivity index (χ1) is 10.1. The SMILES string of the molecule is O=C(Nc1cc(Cl)ccc1Cl)c1noc(C2CCCN2)n1. The molecule has 110 valence electrons. The summed E-state index contributed by atoms with van der Waals surface area (Å²) < 4.78 is 5.12. The first kappa shape index (κ1) is 14.3. The van der Waals surface area contributed by atoms with Gasteiger partial charge < -0.3 is 15.2 Å². The van der Waals surface area contributed by atoms with Gasteiger partial charge in [-0.2, -0.15) is 4.98 Å². The van der Waals surface area contributed by atoms with Crippen LogP contribution in [-0.4, -0.2) is 22.6 Å². The molecular weight excluding hydrogens is 315 g/mol. The van der Waals surface area contributed by atoms with Crippen LogP contribution in [0.5, 0.6) is 0 Å². The van der Waals surface area contributed by atoms with Crippen molar-refractivity contribution in [3.63, 3.8) is 0 Å². The normalized spacial score (nSPS) is 17.9. The highest BCUT2D eigenvalue weighted by Crippen LogP contribution is 2.26. The summed E-state index contributed by atoms with van der Waals surface area (Å²) in [5.41, 5.74) is 0.402. The van der Waals surface area contributed by atoms with Gasteiger partial charge in [0.2, 0.25) is 5.89 Å². The molecule has 1 aromatic carbocycles. The Kier molecular flexibility index (Phi) is 4.10. The Hall–Kier alpha value is -1.63. The van der Waals surface area contributed by atoms with Crippen LogP contribution in [0.2, 0.25) is 10.0 Å². The number of anilines is 1. The van der Waals surface area contributed by atoms with Crippen molar-refractivity contribution in [2.24, 2.45) is 0 Å². The van der Waals surface area contributed by atoms with Gasteiger partial charge in [0.05, 0.1) is 16.8 Å². The fourth-order valence-corrected chi connectivity index (χ4v) is 2.47. The summed E-state index contributed by atoms with van der Waals surface area (Å²) in [5.74, 6) is -0.100. The minimum Gasteiger partial charge on any atom is -0.337 e. The predicted molar refractivity (Wildman–Crippen MR) is 78.7 cm³/mol. The standard InChI is InChI=1S/C13H12Cl2N4O2/c14-7-3-4-8(15)10(6-7)17-12(20)11-18-13(21-19-11)9-2-1-5-16-9/h3-4,6,9,16H,1-2,5H2,(H,17,20). The molecule has 2 N–H and O–H groups in total. The van der Waals surface area contributed by atoms with Crippen LogP contribution < -0.4 is 10.6 Å². The number of halogens is 2. The lowest BCUT2D eigenvalue weighted by molar-refractivity contribution is 0.101. The van der Waals surface area contributed by atoms with Crippen LogP contribution in [0.3, 0.4) is 0 Å². The Labute approximate surface area is 130 Å². The summed E-state index contributed by atoms with van der Waals surface area (Å²) >= 11 is 11.9. The Morgan fingerprint density at radius 2 is 2.29 bits per heavy atom. The third kappa shape index (κ3) is 3.18. The van der Waals surface area contributed by atoms with E-state index in [4.69, 9.17) is 27.7 Å². The molecule has 21 heavy (non-hydrogen) atoms. The number of hydrogen-bond donors (Lipinski definition) is 2. The number of aromatic nitrogens is 2. The van der Waals surface area contributed by atoms with E-state index in [0.29, 0.717) is 21.6 Å². The fourth-order valence-electron chi connectivity index (χ4n) is 2.14. The molecule has 0 aliphatic carbocycles. The Morgan fingerprint density at radius 3 is 3.05 bits per heavy atom. The van der Waals surface area contributed by atoms with Crippen molar-refractivity contribution in [3.8, 4) is 0 Å². The monoisotopic (exact) mass is 326 g/mol. The molecule has 0 saturated carbocycles. The molecule has 1 aliphatic heterocycles. The number of nitrogens with one attached hydrogen (secondary N) is 2. The maximum Gasteiger partial charge on any atom is 0.297 e. The van der Waals surface area contributed by atoms with Crippen LogP contribution in [0.15, 0.2) is 22.7 Å². The lowest BCUT2D eigenvalue weighted by atomic mass is 10.2. The summed E-state index contributed by atoms with van der Waals surface area (Å²) in [6.07, 6.45) is 1.97. The van der Waals surface area contributed by atoms with Crippen molar-refractivity contribution < 1.29 is 9.32 Å².